The van der Waals surface area contributed by atoms with Crippen LogP contribution in [-0.4, -0.2) is 23.2 Å². The number of hydrogen-bond donors (Lipinski definition) is 0. The molecule has 0 saturated heterocycles. The van der Waals surface area contributed by atoms with Gasteiger partial charge in [0.15, 0.2) is 0 Å². The Balaban J connectivity index is 2.51. The smallest absolute Gasteiger partial charge is 0.283 e. The Morgan fingerprint density at radius 1 is 1.30 bits per heavy atom. The number of hydrogen-bond acceptors (Lipinski definition) is 3. The van der Waals surface area contributed by atoms with Crippen molar-refractivity contribution in [1.29, 1.82) is 0 Å². The number of benzene rings is 1. The average Bonchev–Trinajstić information content (AvgIpc) is 2.83. The molecule has 0 aliphatic heterocycles. The lowest BCUT2D eigenvalue weighted by molar-refractivity contribution is 0.112. The number of carbonyl (C=O) groups is 1. The lowest BCUT2D eigenvalue weighted by Gasteiger charge is -2.11. The molecule has 0 atom stereocenters. The van der Waals surface area contributed by atoms with Gasteiger partial charge in [-0.25, -0.2) is 17.6 Å². The fourth-order valence-corrected chi connectivity index (χ4v) is 2.73. The van der Waals surface area contributed by atoms with E-state index in [4.69, 9.17) is 4.74 Å². The van der Waals surface area contributed by atoms with E-state index in [0.29, 0.717) is 23.2 Å². The van der Waals surface area contributed by atoms with Crippen LogP contribution in [0.15, 0.2) is 22.7 Å². The highest BCUT2D eigenvalue weighted by Gasteiger charge is 2.27. The topological polar surface area (TPSA) is 44.1 Å². The van der Waals surface area contributed by atoms with Gasteiger partial charge in [-0.2, -0.15) is 5.10 Å². The molecule has 0 radical (unpaired) electrons. The summed E-state index contributed by atoms with van der Waals surface area (Å²) in [4.78, 5) is 10.8. The fraction of sp³-hybridized carbons (Fsp3) is 0.286. The Morgan fingerprint density at radius 2 is 2.00 bits per heavy atom. The molecule has 0 aliphatic carbocycles. The summed E-state index contributed by atoms with van der Waals surface area (Å²) in [5, 5.41) is 3.55. The molecule has 0 spiro atoms. The SMILES string of the molecule is COc1ccc(C=O)cc1Cn1nc(C(F)F)c(Br)c1C(F)F. The minimum atomic E-state index is -3.00. The van der Waals surface area contributed by atoms with Crippen LogP contribution in [0.5, 0.6) is 5.75 Å². The zero-order valence-corrected chi connectivity index (χ0v) is 13.4. The van der Waals surface area contributed by atoms with E-state index in [9.17, 15) is 22.4 Å². The van der Waals surface area contributed by atoms with Crippen LogP contribution in [0, 0.1) is 0 Å². The van der Waals surface area contributed by atoms with E-state index in [1.54, 1.807) is 0 Å². The molecule has 1 heterocycles. The Bertz CT molecular complexity index is 719. The molecular formula is C14H11BrF4N2O2. The van der Waals surface area contributed by atoms with Gasteiger partial charge in [-0.05, 0) is 34.1 Å². The van der Waals surface area contributed by atoms with Crippen LogP contribution < -0.4 is 4.74 Å². The number of alkyl halides is 4. The van der Waals surface area contributed by atoms with Gasteiger partial charge in [0.1, 0.15) is 23.4 Å². The van der Waals surface area contributed by atoms with Crippen LogP contribution in [-0.2, 0) is 6.54 Å². The van der Waals surface area contributed by atoms with Gasteiger partial charge in [-0.15, -0.1) is 0 Å². The quantitative estimate of drug-likeness (QED) is 0.539. The van der Waals surface area contributed by atoms with Gasteiger partial charge in [0, 0.05) is 11.1 Å². The minimum Gasteiger partial charge on any atom is -0.496 e. The summed E-state index contributed by atoms with van der Waals surface area (Å²) >= 11 is 2.75. The molecule has 0 amide bonds. The molecule has 0 saturated carbocycles. The van der Waals surface area contributed by atoms with Crippen molar-refractivity contribution in [1.82, 2.24) is 9.78 Å². The highest BCUT2D eigenvalue weighted by Crippen LogP contribution is 2.35. The monoisotopic (exact) mass is 394 g/mol. The van der Waals surface area contributed by atoms with Crippen molar-refractivity contribution in [3.8, 4) is 5.75 Å². The van der Waals surface area contributed by atoms with Crippen LogP contribution in [0.25, 0.3) is 0 Å². The maximum atomic E-state index is 13.2. The number of nitrogens with zero attached hydrogens (tertiary/aromatic N) is 2. The van der Waals surface area contributed by atoms with Gasteiger partial charge in [0.05, 0.1) is 18.1 Å². The number of aromatic nitrogens is 2. The third-order valence-corrected chi connectivity index (χ3v) is 3.94. The fourth-order valence-electron chi connectivity index (χ4n) is 2.10. The number of halogens is 5. The summed E-state index contributed by atoms with van der Waals surface area (Å²) in [5.41, 5.74) is -0.737. The molecule has 9 heteroatoms. The van der Waals surface area contributed by atoms with E-state index in [1.807, 2.05) is 0 Å². The average molecular weight is 395 g/mol. The molecule has 0 bridgehead atoms. The van der Waals surface area contributed by atoms with E-state index in [2.05, 4.69) is 21.0 Å². The minimum absolute atomic E-state index is 0.240. The second-order valence-corrected chi connectivity index (χ2v) is 5.33. The Kier molecular flexibility index (Phi) is 5.40. The number of methoxy groups -OCH3 is 1. The Morgan fingerprint density at radius 3 is 2.52 bits per heavy atom. The molecule has 1 aromatic carbocycles. The highest BCUT2D eigenvalue weighted by molar-refractivity contribution is 9.10. The maximum absolute atomic E-state index is 13.2. The lowest BCUT2D eigenvalue weighted by Crippen LogP contribution is -2.09. The largest absolute Gasteiger partial charge is 0.496 e. The summed E-state index contributed by atoms with van der Waals surface area (Å²) in [6, 6.07) is 4.42. The van der Waals surface area contributed by atoms with Gasteiger partial charge in [0.2, 0.25) is 0 Å². The van der Waals surface area contributed by atoms with E-state index >= 15 is 0 Å². The van der Waals surface area contributed by atoms with Crippen LogP contribution in [0.4, 0.5) is 17.6 Å². The van der Waals surface area contributed by atoms with Crippen LogP contribution >= 0.6 is 15.9 Å². The van der Waals surface area contributed by atoms with Crippen molar-refractivity contribution in [3.05, 3.63) is 45.2 Å². The second kappa shape index (κ2) is 7.12. The molecule has 2 rings (SSSR count). The predicted molar refractivity (Wildman–Crippen MR) is 77.3 cm³/mol. The molecule has 0 fully saturated rings. The molecular weight excluding hydrogens is 384 g/mol. The van der Waals surface area contributed by atoms with Gasteiger partial charge >= 0.3 is 0 Å². The number of aldehydes is 1. The standard InChI is InChI=1S/C14H11BrF4N2O2/c1-23-9-3-2-7(6-22)4-8(9)5-21-12(14(18)19)10(15)11(20-21)13(16)17/h2-4,6,13-14H,5H2,1H3. The second-order valence-electron chi connectivity index (χ2n) is 4.53. The summed E-state index contributed by atoms with van der Waals surface area (Å²) < 4.78 is 57.5. The van der Waals surface area contributed by atoms with Crippen molar-refractivity contribution in [2.24, 2.45) is 0 Å². The third-order valence-electron chi connectivity index (χ3n) is 3.13. The molecule has 2 aromatic rings. The highest BCUT2D eigenvalue weighted by atomic mass is 79.9. The molecule has 124 valence electrons. The number of rotatable bonds is 6. The summed E-state index contributed by atoms with van der Waals surface area (Å²) in [6.07, 6.45) is -5.41. The third kappa shape index (κ3) is 3.54. The first-order chi connectivity index (χ1) is 10.9. The van der Waals surface area contributed by atoms with Crippen molar-refractivity contribution in [2.45, 2.75) is 19.4 Å². The van der Waals surface area contributed by atoms with Crippen molar-refractivity contribution in [3.63, 3.8) is 0 Å². The van der Waals surface area contributed by atoms with Gasteiger partial charge < -0.3 is 4.74 Å². The van der Waals surface area contributed by atoms with Crippen LogP contribution in [0.3, 0.4) is 0 Å². The molecule has 0 aliphatic rings. The van der Waals surface area contributed by atoms with E-state index in [0.717, 1.165) is 4.68 Å². The van der Waals surface area contributed by atoms with Crippen molar-refractivity contribution in [2.75, 3.05) is 7.11 Å². The summed E-state index contributed by atoms with van der Waals surface area (Å²) in [5.74, 6) is 0.334. The van der Waals surface area contributed by atoms with Gasteiger partial charge in [-0.1, -0.05) is 0 Å². The van der Waals surface area contributed by atoms with Crippen LogP contribution in [0.1, 0.15) is 40.2 Å². The first-order valence-electron chi connectivity index (χ1n) is 6.33. The number of ether oxygens (including phenoxy) is 1. The molecule has 0 unspecified atom stereocenters. The first kappa shape index (κ1) is 17.5. The molecule has 4 nitrogen and oxygen atoms in total. The van der Waals surface area contributed by atoms with Gasteiger partial charge in [-0.3, -0.25) is 9.48 Å². The Labute approximate surface area is 137 Å². The van der Waals surface area contributed by atoms with Crippen molar-refractivity contribution >= 4 is 22.2 Å². The van der Waals surface area contributed by atoms with E-state index in [-0.39, 0.29) is 6.54 Å². The lowest BCUT2D eigenvalue weighted by atomic mass is 10.1. The first-order valence-corrected chi connectivity index (χ1v) is 7.12. The van der Waals surface area contributed by atoms with E-state index < -0.39 is 28.7 Å². The zero-order chi connectivity index (χ0) is 17.1. The predicted octanol–water partition coefficient (Wildman–Crippen LogP) is 4.39. The maximum Gasteiger partial charge on any atom is 0.283 e. The molecule has 1 aromatic heterocycles. The summed E-state index contributed by atoms with van der Waals surface area (Å²) in [6.45, 7) is -0.240. The summed E-state index contributed by atoms with van der Waals surface area (Å²) in [7, 11) is 1.37. The molecule has 0 N–H and O–H groups in total. The molecule has 23 heavy (non-hydrogen) atoms. The number of carbonyl (C=O) groups excluding carboxylic acids is 1. The van der Waals surface area contributed by atoms with E-state index in [1.165, 1.54) is 25.3 Å². The normalized spacial score (nSPS) is 11.3. The Hall–Kier alpha value is -1.90. The van der Waals surface area contributed by atoms with Crippen LogP contribution in [0.2, 0.25) is 0 Å². The van der Waals surface area contributed by atoms with Crippen molar-refractivity contribution < 1.29 is 27.1 Å². The van der Waals surface area contributed by atoms with Gasteiger partial charge in [0.25, 0.3) is 12.9 Å². The zero-order valence-electron chi connectivity index (χ0n) is 11.8.